The molecule has 1 saturated carbocycles. The molecule has 5 nitrogen and oxygen atoms in total. The average Bonchev–Trinajstić information content (AvgIpc) is 3.03. The van der Waals surface area contributed by atoms with Crippen LogP contribution in [-0.2, 0) is 11.2 Å². The molecule has 0 amide bonds. The van der Waals surface area contributed by atoms with Crippen LogP contribution in [0.4, 0.5) is 0 Å². The Morgan fingerprint density at radius 2 is 2.28 bits per heavy atom. The van der Waals surface area contributed by atoms with Gasteiger partial charge in [-0.05, 0) is 25.2 Å². The SMILES string of the molecule is CCC1CCC(c2noc(CCOCCN)n2)C1. The van der Waals surface area contributed by atoms with Gasteiger partial charge in [-0.3, -0.25) is 0 Å². The average molecular weight is 253 g/mol. The van der Waals surface area contributed by atoms with E-state index in [-0.39, 0.29) is 0 Å². The van der Waals surface area contributed by atoms with E-state index in [1.165, 1.54) is 25.7 Å². The third-order valence-corrected chi connectivity index (χ3v) is 3.69. The number of aromatic nitrogens is 2. The summed E-state index contributed by atoms with van der Waals surface area (Å²) >= 11 is 0. The van der Waals surface area contributed by atoms with E-state index in [1.54, 1.807) is 0 Å². The van der Waals surface area contributed by atoms with Crippen LogP contribution in [0.2, 0.25) is 0 Å². The summed E-state index contributed by atoms with van der Waals surface area (Å²) in [4.78, 5) is 4.47. The molecular weight excluding hydrogens is 230 g/mol. The molecule has 1 aliphatic carbocycles. The largest absolute Gasteiger partial charge is 0.380 e. The van der Waals surface area contributed by atoms with Gasteiger partial charge < -0.3 is 15.0 Å². The Morgan fingerprint density at radius 3 is 3.00 bits per heavy atom. The van der Waals surface area contributed by atoms with Gasteiger partial charge in [-0.2, -0.15) is 4.98 Å². The summed E-state index contributed by atoms with van der Waals surface area (Å²) in [5.74, 6) is 2.91. The Morgan fingerprint density at radius 1 is 1.39 bits per heavy atom. The summed E-state index contributed by atoms with van der Waals surface area (Å²) in [6.45, 7) is 3.99. The molecule has 0 radical (unpaired) electrons. The van der Waals surface area contributed by atoms with Crippen LogP contribution in [-0.4, -0.2) is 29.9 Å². The standard InChI is InChI=1S/C13H23N3O2/c1-2-10-3-4-11(9-10)13-15-12(18-16-13)5-7-17-8-6-14/h10-11H,2-9,14H2,1H3. The highest BCUT2D eigenvalue weighted by atomic mass is 16.5. The molecular formula is C13H23N3O2. The highest BCUT2D eigenvalue weighted by Crippen LogP contribution is 2.38. The second kappa shape index (κ2) is 6.85. The van der Waals surface area contributed by atoms with Crippen LogP contribution < -0.4 is 5.73 Å². The minimum absolute atomic E-state index is 0.498. The second-order valence-electron chi connectivity index (χ2n) is 4.98. The Balaban J connectivity index is 1.79. The molecule has 18 heavy (non-hydrogen) atoms. The predicted molar refractivity (Wildman–Crippen MR) is 68.2 cm³/mol. The number of hydrogen-bond donors (Lipinski definition) is 1. The monoisotopic (exact) mass is 253 g/mol. The van der Waals surface area contributed by atoms with Crippen LogP contribution >= 0.6 is 0 Å². The lowest BCUT2D eigenvalue weighted by Crippen LogP contribution is -2.10. The maximum absolute atomic E-state index is 5.34. The van der Waals surface area contributed by atoms with Crippen molar-refractivity contribution >= 4 is 0 Å². The molecule has 0 aliphatic heterocycles. The predicted octanol–water partition coefficient (Wildman–Crippen LogP) is 1.88. The van der Waals surface area contributed by atoms with E-state index in [0.717, 1.165) is 11.7 Å². The van der Waals surface area contributed by atoms with E-state index in [2.05, 4.69) is 17.1 Å². The molecule has 0 bridgehead atoms. The molecule has 1 aromatic rings. The number of rotatable bonds is 7. The second-order valence-corrected chi connectivity index (χ2v) is 4.98. The van der Waals surface area contributed by atoms with Crippen LogP contribution in [0.25, 0.3) is 0 Å². The molecule has 0 spiro atoms. The zero-order valence-electron chi connectivity index (χ0n) is 11.1. The van der Waals surface area contributed by atoms with Crippen molar-refractivity contribution in [2.24, 2.45) is 11.7 Å². The first kappa shape index (κ1) is 13.5. The number of nitrogens with two attached hydrogens (primary N) is 1. The number of hydrogen-bond acceptors (Lipinski definition) is 5. The van der Waals surface area contributed by atoms with Crippen LogP contribution in [0.3, 0.4) is 0 Å². The van der Waals surface area contributed by atoms with Crippen molar-refractivity contribution < 1.29 is 9.26 Å². The summed E-state index contributed by atoms with van der Waals surface area (Å²) in [7, 11) is 0. The molecule has 0 aromatic carbocycles. The number of nitrogens with zero attached hydrogens (tertiary/aromatic N) is 2. The minimum atomic E-state index is 0.498. The topological polar surface area (TPSA) is 74.2 Å². The van der Waals surface area contributed by atoms with Crippen molar-refractivity contribution in [3.8, 4) is 0 Å². The Hall–Kier alpha value is -0.940. The molecule has 2 atom stereocenters. The Kier molecular flexibility index (Phi) is 5.13. The van der Waals surface area contributed by atoms with Gasteiger partial charge in [0.05, 0.1) is 19.6 Å². The van der Waals surface area contributed by atoms with Crippen molar-refractivity contribution in [2.45, 2.75) is 44.9 Å². The molecule has 2 unspecified atom stereocenters. The molecule has 2 N–H and O–H groups in total. The molecule has 1 fully saturated rings. The van der Waals surface area contributed by atoms with Crippen molar-refractivity contribution in [3.05, 3.63) is 11.7 Å². The highest BCUT2D eigenvalue weighted by Gasteiger charge is 2.28. The fraction of sp³-hybridized carbons (Fsp3) is 0.846. The lowest BCUT2D eigenvalue weighted by molar-refractivity contribution is 0.138. The van der Waals surface area contributed by atoms with Gasteiger partial charge in [-0.25, -0.2) is 0 Å². The molecule has 102 valence electrons. The third-order valence-electron chi connectivity index (χ3n) is 3.69. The van der Waals surface area contributed by atoms with Crippen LogP contribution in [0, 0.1) is 5.92 Å². The number of ether oxygens (including phenoxy) is 1. The smallest absolute Gasteiger partial charge is 0.228 e. The Bertz CT molecular complexity index is 354. The van der Waals surface area contributed by atoms with Gasteiger partial charge in [0, 0.05) is 12.5 Å². The zero-order valence-corrected chi connectivity index (χ0v) is 11.1. The maximum Gasteiger partial charge on any atom is 0.228 e. The van der Waals surface area contributed by atoms with Gasteiger partial charge in [0.15, 0.2) is 5.82 Å². The summed E-state index contributed by atoms with van der Waals surface area (Å²) in [6.07, 6.45) is 5.63. The van der Waals surface area contributed by atoms with Gasteiger partial charge in [-0.15, -0.1) is 0 Å². The lowest BCUT2D eigenvalue weighted by atomic mass is 10.0. The highest BCUT2D eigenvalue weighted by molar-refractivity contribution is 4.99. The summed E-state index contributed by atoms with van der Waals surface area (Å²) in [6, 6.07) is 0. The van der Waals surface area contributed by atoms with Gasteiger partial charge in [0.1, 0.15) is 0 Å². The molecule has 1 aromatic heterocycles. The van der Waals surface area contributed by atoms with Crippen LogP contribution in [0.15, 0.2) is 4.52 Å². The summed E-state index contributed by atoms with van der Waals surface area (Å²) in [5, 5.41) is 4.10. The fourth-order valence-corrected chi connectivity index (χ4v) is 2.56. The van der Waals surface area contributed by atoms with Gasteiger partial charge in [0.25, 0.3) is 0 Å². The van der Waals surface area contributed by atoms with Gasteiger partial charge >= 0.3 is 0 Å². The van der Waals surface area contributed by atoms with Crippen molar-refractivity contribution in [1.82, 2.24) is 10.1 Å². The van der Waals surface area contributed by atoms with Gasteiger partial charge in [0.2, 0.25) is 5.89 Å². The van der Waals surface area contributed by atoms with Crippen molar-refractivity contribution in [1.29, 1.82) is 0 Å². The summed E-state index contributed by atoms with van der Waals surface area (Å²) in [5.41, 5.74) is 5.34. The first-order chi connectivity index (χ1) is 8.83. The molecule has 0 saturated heterocycles. The van der Waals surface area contributed by atoms with Crippen molar-refractivity contribution in [2.75, 3.05) is 19.8 Å². The fourth-order valence-electron chi connectivity index (χ4n) is 2.56. The molecule has 2 rings (SSSR count). The lowest BCUT2D eigenvalue weighted by Gasteiger charge is -2.04. The summed E-state index contributed by atoms with van der Waals surface area (Å²) < 4.78 is 10.6. The van der Waals surface area contributed by atoms with E-state index in [1.807, 2.05) is 0 Å². The van der Waals surface area contributed by atoms with E-state index in [9.17, 15) is 0 Å². The molecule has 5 heteroatoms. The van der Waals surface area contributed by atoms with Crippen LogP contribution in [0.1, 0.15) is 50.2 Å². The first-order valence-electron chi connectivity index (χ1n) is 6.93. The van der Waals surface area contributed by atoms with Crippen LogP contribution in [0.5, 0.6) is 0 Å². The van der Waals surface area contributed by atoms with Gasteiger partial charge in [-0.1, -0.05) is 18.5 Å². The third kappa shape index (κ3) is 3.53. The van der Waals surface area contributed by atoms with E-state index >= 15 is 0 Å². The minimum Gasteiger partial charge on any atom is -0.380 e. The van der Waals surface area contributed by atoms with E-state index in [4.69, 9.17) is 15.0 Å². The first-order valence-corrected chi connectivity index (χ1v) is 6.93. The van der Waals surface area contributed by atoms with Crippen molar-refractivity contribution in [3.63, 3.8) is 0 Å². The quantitative estimate of drug-likeness (QED) is 0.751. The molecule has 1 heterocycles. The van der Waals surface area contributed by atoms with E-state index in [0.29, 0.717) is 38.0 Å². The Labute approximate surface area is 108 Å². The normalized spacial score (nSPS) is 23.7. The van der Waals surface area contributed by atoms with E-state index < -0.39 is 0 Å². The maximum atomic E-state index is 5.34. The zero-order chi connectivity index (χ0) is 12.8. The molecule has 1 aliphatic rings.